The van der Waals surface area contributed by atoms with E-state index in [4.69, 9.17) is 4.42 Å². The second-order valence-corrected chi connectivity index (χ2v) is 13.7. The fourth-order valence-corrected chi connectivity index (χ4v) is 8.37. The molecule has 10 aromatic carbocycles. The summed E-state index contributed by atoms with van der Waals surface area (Å²) < 4.78 is 6.26. The summed E-state index contributed by atoms with van der Waals surface area (Å²) in [5, 5.41) is 15.1. The molecule has 0 unspecified atom stereocenters. The van der Waals surface area contributed by atoms with Crippen molar-refractivity contribution in [2.45, 2.75) is 0 Å². The predicted octanol–water partition coefficient (Wildman–Crippen LogP) is 14.4. The molecule has 51 heavy (non-hydrogen) atoms. The molecule has 0 bridgehead atoms. The fourth-order valence-electron chi connectivity index (χ4n) is 8.37. The highest BCUT2D eigenvalue weighted by molar-refractivity contribution is 6.33. The molecule has 236 valence electrons. The van der Waals surface area contributed by atoms with Gasteiger partial charge in [0.25, 0.3) is 0 Å². The van der Waals surface area contributed by atoms with Crippen molar-refractivity contribution in [1.29, 1.82) is 0 Å². The Labute approximate surface area is 294 Å². The average Bonchev–Trinajstić information content (AvgIpc) is 3.57. The third kappa shape index (κ3) is 4.35. The Morgan fingerprint density at radius 2 is 0.706 bits per heavy atom. The molecule has 0 atom stereocenters. The lowest BCUT2D eigenvalue weighted by Crippen LogP contribution is -1.89. The van der Waals surface area contributed by atoms with Gasteiger partial charge >= 0.3 is 0 Å². The average molecular weight is 647 g/mol. The summed E-state index contributed by atoms with van der Waals surface area (Å²) in [6.45, 7) is 0. The monoisotopic (exact) mass is 646 g/mol. The van der Waals surface area contributed by atoms with Crippen molar-refractivity contribution in [2.75, 3.05) is 0 Å². The van der Waals surface area contributed by atoms with Gasteiger partial charge in [-0.1, -0.05) is 140 Å². The van der Waals surface area contributed by atoms with E-state index in [-0.39, 0.29) is 0 Å². The highest BCUT2D eigenvalue weighted by Crippen LogP contribution is 2.43. The van der Waals surface area contributed by atoms with E-state index >= 15 is 0 Å². The van der Waals surface area contributed by atoms with Gasteiger partial charge in [0.2, 0.25) is 0 Å². The summed E-state index contributed by atoms with van der Waals surface area (Å²) in [7, 11) is 0. The minimum atomic E-state index is 0.910. The Kier molecular flexibility index (Phi) is 6.02. The summed E-state index contributed by atoms with van der Waals surface area (Å²) in [4.78, 5) is 0. The summed E-state index contributed by atoms with van der Waals surface area (Å²) in [6, 6.07) is 66.4. The second kappa shape index (κ2) is 10.9. The maximum absolute atomic E-state index is 6.26. The first kappa shape index (κ1) is 28.2. The molecule has 0 fully saturated rings. The van der Waals surface area contributed by atoms with Crippen LogP contribution in [0.4, 0.5) is 0 Å². The van der Waals surface area contributed by atoms with E-state index in [9.17, 15) is 0 Å². The molecule has 0 saturated heterocycles. The number of rotatable bonds is 3. The Morgan fingerprint density at radius 3 is 1.37 bits per heavy atom. The van der Waals surface area contributed by atoms with Crippen molar-refractivity contribution < 1.29 is 4.42 Å². The molecule has 1 heteroatoms. The van der Waals surface area contributed by atoms with Crippen molar-refractivity contribution in [1.82, 2.24) is 0 Å². The number of hydrogen-bond donors (Lipinski definition) is 0. The summed E-state index contributed by atoms with van der Waals surface area (Å²) in [5.74, 6) is 0. The number of furan rings is 1. The van der Waals surface area contributed by atoms with Crippen molar-refractivity contribution in [2.24, 2.45) is 0 Å². The number of fused-ring (bicyclic) bond motifs is 12. The quantitative estimate of drug-likeness (QED) is 0.174. The third-order valence-electron chi connectivity index (χ3n) is 10.8. The predicted molar refractivity (Wildman–Crippen MR) is 218 cm³/mol. The Bertz CT molecular complexity index is 3180. The topological polar surface area (TPSA) is 13.1 Å². The van der Waals surface area contributed by atoms with Crippen LogP contribution < -0.4 is 0 Å². The van der Waals surface area contributed by atoms with Crippen molar-refractivity contribution in [3.05, 3.63) is 182 Å². The fraction of sp³-hybridized carbons (Fsp3) is 0. The third-order valence-corrected chi connectivity index (χ3v) is 10.8. The zero-order valence-electron chi connectivity index (χ0n) is 27.7. The maximum Gasteiger partial charge on any atom is 0.135 e. The molecule has 1 aromatic heterocycles. The van der Waals surface area contributed by atoms with Gasteiger partial charge in [0.1, 0.15) is 11.2 Å². The largest absolute Gasteiger partial charge is 0.456 e. The molecule has 0 radical (unpaired) electrons. The van der Waals surface area contributed by atoms with Gasteiger partial charge in [0.15, 0.2) is 0 Å². The zero-order valence-corrected chi connectivity index (χ0v) is 27.7. The summed E-state index contributed by atoms with van der Waals surface area (Å²) in [6.07, 6.45) is 0. The van der Waals surface area contributed by atoms with Crippen LogP contribution in [0, 0.1) is 0 Å². The standard InChI is InChI=1S/C50H30O/c1-2-10-31(11-3-1)35-22-24-48-45(28-35)46-29-36(23-25-49(46)51-48)33-18-19-34-27-37(21-20-32(34)26-33)44-30-47-40-14-5-4-12-38(40)39-13-6-8-16-42(39)50(47)43-17-9-7-15-41(43)44/h1-30H. The summed E-state index contributed by atoms with van der Waals surface area (Å²) in [5.41, 5.74) is 9.09. The molecule has 11 aromatic rings. The van der Waals surface area contributed by atoms with Crippen LogP contribution in [0.1, 0.15) is 0 Å². The molecule has 0 aliphatic carbocycles. The van der Waals surface area contributed by atoms with Gasteiger partial charge < -0.3 is 4.42 Å². The van der Waals surface area contributed by atoms with Crippen molar-refractivity contribution >= 4 is 75.8 Å². The molecular formula is C50H30O. The lowest BCUT2D eigenvalue weighted by Gasteiger charge is -2.16. The van der Waals surface area contributed by atoms with E-state index in [0.717, 1.165) is 21.9 Å². The zero-order chi connectivity index (χ0) is 33.5. The molecule has 0 amide bonds. The van der Waals surface area contributed by atoms with E-state index in [0.29, 0.717) is 0 Å². The second-order valence-electron chi connectivity index (χ2n) is 13.7. The molecular weight excluding hydrogens is 617 g/mol. The van der Waals surface area contributed by atoms with Crippen LogP contribution in [0.3, 0.4) is 0 Å². The lowest BCUT2D eigenvalue weighted by atomic mass is 9.87. The van der Waals surface area contributed by atoms with Gasteiger partial charge in [-0.2, -0.15) is 0 Å². The van der Waals surface area contributed by atoms with E-state index in [1.54, 1.807) is 0 Å². The first-order valence-corrected chi connectivity index (χ1v) is 17.6. The van der Waals surface area contributed by atoms with Gasteiger partial charge in [0.05, 0.1) is 0 Å². The van der Waals surface area contributed by atoms with Crippen LogP contribution in [0.15, 0.2) is 186 Å². The normalized spacial score (nSPS) is 11.9. The van der Waals surface area contributed by atoms with Crippen LogP contribution in [-0.4, -0.2) is 0 Å². The number of benzene rings is 10. The minimum absolute atomic E-state index is 0.910. The van der Waals surface area contributed by atoms with E-state index in [2.05, 4.69) is 182 Å². The first-order valence-electron chi connectivity index (χ1n) is 17.6. The first-order chi connectivity index (χ1) is 25.3. The van der Waals surface area contributed by atoms with Gasteiger partial charge in [-0.15, -0.1) is 0 Å². The molecule has 1 nitrogen and oxygen atoms in total. The van der Waals surface area contributed by atoms with Crippen molar-refractivity contribution in [3.8, 4) is 33.4 Å². The Hall–Kier alpha value is -6.70. The van der Waals surface area contributed by atoms with Crippen LogP contribution in [0.25, 0.3) is 109 Å². The molecule has 0 aliphatic rings. The molecule has 1 heterocycles. The molecule has 0 N–H and O–H groups in total. The van der Waals surface area contributed by atoms with E-state index < -0.39 is 0 Å². The molecule has 0 spiro atoms. The summed E-state index contributed by atoms with van der Waals surface area (Å²) >= 11 is 0. The SMILES string of the molecule is c1ccc(-c2ccc3oc4ccc(-c5ccc6cc(-c7cc8c9ccccc9c9ccccc9c8c8ccccc78)ccc6c5)cc4c3c2)cc1. The molecule has 11 rings (SSSR count). The maximum atomic E-state index is 6.26. The smallest absolute Gasteiger partial charge is 0.135 e. The lowest BCUT2D eigenvalue weighted by molar-refractivity contribution is 0.669. The Balaban J connectivity index is 1.05. The Morgan fingerprint density at radius 1 is 0.255 bits per heavy atom. The van der Waals surface area contributed by atoms with Crippen LogP contribution in [0.5, 0.6) is 0 Å². The van der Waals surface area contributed by atoms with Crippen LogP contribution in [-0.2, 0) is 0 Å². The highest BCUT2D eigenvalue weighted by atomic mass is 16.3. The van der Waals surface area contributed by atoms with E-state index in [1.165, 1.54) is 87.2 Å². The van der Waals surface area contributed by atoms with Gasteiger partial charge in [0, 0.05) is 10.8 Å². The van der Waals surface area contributed by atoms with Crippen LogP contribution in [0.2, 0.25) is 0 Å². The minimum Gasteiger partial charge on any atom is -0.456 e. The molecule has 0 saturated carbocycles. The number of hydrogen-bond acceptors (Lipinski definition) is 1. The van der Waals surface area contributed by atoms with Gasteiger partial charge in [-0.3, -0.25) is 0 Å². The van der Waals surface area contributed by atoms with Crippen molar-refractivity contribution in [3.63, 3.8) is 0 Å². The van der Waals surface area contributed by atoms with Gasteiger partial charge in [-0.05, 0) is 130 Å². The van der Waals surface area contributed by atoms with Crippen LogP contribution >= 0.6 is 0 Å². The van der Waals surface area contributed by atoms with Gasteiger partial charge in [-0.25, -0.2) is 0 Å². The highest BCUT2D eigenvalue weighted by Gasteiger charge is 2.16. The van der Waals surface area contributed by atoms with E-state index in [1.807, 2.05) is 0 Å². The molecule has 0 aliphatic heterocycles.